The number of ketones is 1. The molecule has 0 saturated heterocycles. The van der Waals surface area contributed by atoms with E-state index in [0.717, 1.165) is 32.1 Å². The Morgan fingerprint density at radius 3 is 2.88 bits per heavy atom. The van der Waals surface area contributed by atoms with E-state index >= 15 is 0 Å². The minimum absolute atomic E-state index is 0.0515. The molecular formula is C13H9BrO2. The molecule has 0 aliphatic carbocycles. The third kappa shape index (κ3) is 1.21. The molecule has 16 heavy (non-hydrogen) atoms. The minimum atomic E-state index is 0.0515. The van der Waals surface area contributed by atoms with Crippen molar-refractivity contribution in [2.24, 2.45) is 0 Å². The lowest BCUT2D eigenvalue weighted by molar-refractivity contribution is 0.0914. The standard InChI is InChI=1S/C13H9BrO2/c1-7-2-3-9-11(15)6-16-13-10(14)5-4-8(7)12(9)13/h2-5H,6H2,1H3. The van der Waals surface area contributed by atoms with Gasteiger partial charge in [-0.25, -0.2) is 0 Å². The fourth-order valence-electron chi connectivity index (χ4n) is 2.12. The van der Waals surface area contributed by atoms with Gasteiger partial charge in [0, 0.05) is 10.9 Å². The lowest BCUT2D eigenvalue weighted by atomic mass is 9.96. The predicted molar refractivity (Wildman–Crippen MR) is 66.2 cm³/mol. The zero-order valence-corrected chi connectivity index (χ0v) is 10.3. The van der Waals surface area contributed by atoms with Gasteiger partial charge < -0.3 is 4.74 Å². The minimum Gasteiger partial charge on any atom is -0.484 e. The molecule has 0 bridgehead atoms. The summed E-state index contributed by atoms with van der Waals surface area (Å²) in [5.74, 6) is 0.839. The first-order valence-electron chi connectivity index (χ1n) is 5.06. The summed E-state index contributed by atoms with van der Waals surface area (Å²) in [6.07, 6.45) is 0. The molecule has 0 aromatic heterocycles. The normalized spacial score (nSPS) is 14.0. The summed E-state index contributed by atoms with van der Waals surface area (Å²) in [6, 6.07) is 7.85. The first kappa shape index (κ1) is 9.85. The molecule has 2 aromatic carbocycles. The highest BCUT2D eigenvalue weighted by Crippen LogP contribution is 2.39. The van der Waals surface area contributed by atoms with Crippen molar-refractivity contribution in [3.63, 3.8) is 0 Å². The third-order valence-electron chi connectivity index (χ3n) is 2.95. The average molecular weight is 277 g/mol. The van der Waals surface area contributed by atoms with Gasteiger partial charge in [-0.05, 0) is 39.9 Å². The topological polar surface area (TPSA) is 26.3 Å². The Morgan fingerprint density at radius 2 is 2.06 bits per heavy atom. The molecule has 0 radical (unpaired) electrons. The summed E-state index contributed by atoms with van der Waals surface area (Å²) >= 11 is 3.45. The molecule has 2 nitrogen and oxygen atoms in total. The number of carbonyl (C=O) groups excluding carboxylic acids is 1. The van der Waals surface area contributed by atoms with E-state index < -0.39 is 0 Å². The average Bonchev–Trinajstić information content (AvgIpc) is 2.27. The zero-order valence-electron chi connectivity index (χ0n) is 8.71. The van der Waals surface area contributed by atoms with Crippen LogP contribution in [0.1, 0.15) is 15.9 Å². The number of hydrogen-bond donors (Lipinski definition) is 0. The highest BCUT2D eigenvalue weighted by atomic mass is 79.9. The van der Waals surface area contributed by atoms with Crippen LogP contribution in [0.15, 0.2) is 28.7 Å². The van der Waals surface area contributed by atoms with E-state index in [-0.39, 0.29) is 12.4 Å². The van der Waals surface area contributed by atoms with Crippen molar-refractivity contribution in [1.29, 1.82) is 0 Å². The van der Waals surface area contributed by atoms with E-state index in [1.54, 1.807) is 0 Å². The van der Waals surface area contributed by atoms with Crippen LogP contribution in [0, 0.1) is 6.92 Å². The molecule has 3 rings (SSSR count). The highest BCUT2D eigenvalue weighted by molar-refractivity contribution is 9.10. The second-order valence-electron chi connectivity index (χ2n) is 3.94. The van der Waals surface area contributed by atoms with Crippen molar-refractivity contribution in [3.05, 3.63) is 39.9 Å². The van der Waals surface area contributed by atoms with Crippen LogP contribution in [0.2, 0.25) is 0 Å². The molecule has 0 unspecified atom stereocenters. The number of halogens is 1. The zero-order chi connectivity index (χ0) is 11.3. The predicted octanol–water partition coefficient (Wildman–Crippen LogP) is 3.49. The third-order valence-corrected chi connectivity index (χ3v) is 3.58. The molecule has 0 amide bonds. The number of hydrogen-bond acceptors (Lipinski definition) is 2. The molecule has 2 aromatic rings. The van der Waals surface area contributed by atoms with Gasteiger partial charge in [0.05, 0.1) is 4.47 Å². The van der Waals surface area contributed by atoms with Crippen molar-refractivity contribution < 1.29 is 9.53 Å². The Hall–Kier alpha value is -1.35. The van der Waals surface area contributed by atoms with Gasteiger partial charge in [0.25, 0.3) is 0 Å². The maximum atomic E-state index is 11.8. The summed E-state index contributed by atoms with van der Waals surface area (Å²) in [5, 5.41) is 2.02. The van der Waals surface area contributed by atoms with E-state index in [1.165, 1.54) is 0 Å². The van der Waals surface area contributed by atoms with Gasteiger partial charge in [0.15, 0.2) is 6.61 Å². The number of Topliss-reactive ketones (excluding diaryl/α,β-unsaturated/α-hetero) is 1. The van der Waals surface area contributed by atoms with E-state index in [2.05, 4.69) is 15.9 Å². The molecule has 1 aliphatic heterocycles. The van der Waals surface area contributed by atoms with Crippen molar-refractivity contribution >= 4 is 32.5 Å². The Labute approximate surface area is 101 Å². The van der Waals surface area contributed by atoms with E-state index in [9.17, 15) is 4.79 Å². The monoisotopic (exact) mass is 276 g/mol. The maximum absolute atomic E-state index is 11.8. The van der Waals surface area contributed by atoms with Gasteiger partial charge in [-0.15, -0.1) is 0 Å². The molecular weight excluding hydrogens is 268 g/mol. The SMILES string of the molecule is Cc1ccc2c3c(c(Br)ccc13)OCC2=O. The van der Waals surface area contributed by atoms with Crippen LogP contribution in [0.5, 0.6) is 5.75 Å². The maximum Gasteiger partial charge on any atom is 0.200 e. The molecule has 0 N–H and O–H groups in total. The summed E-state index contributed by atoms with van der Waals surface area (Å²) in [5.41, 5.74) is 1.92. The summed E-state index contributed by atoms with van der Waals surface area (Å²) in [4.78, 5) is 11.8. The molecule has 1 aliphatic rings. The quantitative estimate of drug-likeness (QED) is 0.736. The van der Waals surface area contributed by atoms with Crippen molar-refractivity contribution in [2.45, 2.75) is 6.92 Å². The largest absolute Gasteiger partial charge is 0.484 e. The lowest BCUT2D eigenvalue weighted by Crippen LogP contribution is -2.17. The highest BCUT2D eigenvalue weighted by Gasteiger charge is 2.22. The number of aryl methyl sites for hydroxylation is 1. The van der Waals surface area contributed by atoms with Gasteiger partial charge >= 0.3 is 0 Å². The Bertz CT molecular complexity index is 617. The van der Waals surface area contributed by atoms with Crippen LogP contribution in [-0.4, -0.2) is 12.4 Å². The van der Waals surface area contributed by atoms with Crippen LogP contribution >= 0.6 is 15.9 Å². The number of carbonyl (C=O) groups is 1. The van der Waals surface area contributed by atoms with Crippen molar-refractivity contribution in [1.82, 2.24) is 0 Å². The molecule has 3 heteroatoms. The molecule has 0 saturated carbocycles. The van der Waals surface area contributed by atoms with E-state index in [4.69, 9.17) is 4.74 Å². The van der Waals surface area contributed by atoms with Crippen LogP contribution in [0.25, 0.3) is 10.8 Å². The first-order valence-corrected chi connectivity index (χ1v) is 5.85. The van der Waals surface area contributed by atoms with Crippen molar-refractivity contribution in [3.8, 4) is 5.75 Å². The second-order valence-corrected chi connectivity index (χ2v) is 4.80. The Kier molecular flexibility index (Phi) is 2.04. The molecule has 0 fully saturated rings. The Balaban J connectivity index is 2.55. The van der Waals surface area contributed by atoms with E-state index in [1.807, 2.05) is 31.2 Å². The lowest BCUT2D eigenvalue weighted by Gasteiger charge is -2.19. The smallest absolute Gasteiger partial charge is 0.200 e. The Morgan fingerprint density at radius 1 is 1.25 bits per heavy atom. The van der Waals surface area contributed by atoms with Gasteiger partial charge in [0.2, 0.25) is 5.78 Å². The van der Waals surface area contributed by atoms with Crippen molar-refractivity contribution in [2.75, 3.05) is 6.61 Å². The number of benzene rings is 2. The molecule has 80 valence electrons. The number of ether oxygens (including phenoxy) is 1. The van der Waals surface area contributed by atoms with Crippen LogP contribution in [0.3, 0.4) is 0 Å². The first-order chi connectivity index (χ1) is 7.68. The van der Waals surface area contributed by atoms with Gasteiger partial charge in [0.1, 0.15) is 5.75 Å². The van der Waals surface area contributed by atoms with Crippen LogP contribution < -0.4 is 4.74 Å². The number of rotatable bonds is 0. The van der Waals surface area contributed by atoms with Gasteiger partial charge in [-0.3, -0.25) is 4.79 Å². The fourth-order valence-corrected chi connectivity index (χ4v) is 2.57. The van der Waals surface area contributed by atoms with Gasteiger partial charge in [-0.2, -0.15) is 0 Å². The molecule has 0 atom stereocenters. The molecule has 0 spiro atoms. The fraction of sp³-hybridized carbons (Fsp3) is 0.154. The second kappa shape index (κ2) is 3.32. The summed E-state index contributed by atoms with van der Waals surface area (Å²) in [6.45, 7) is 2.17. The molecule has 1 heterocycles. The van der Waals surface area contributed by atoms with E-state index in [0.29, 0.717) is 0 Å². The summed E-state index contributed by atoms with van der Waals surface area (Å²) in [7, 11) is 0. The van der Waals surface area contributed by atoms with Crippen LogP contribution in [0.4, 0.5) is 0 Å². The summed E-state index contributed by atoms with van der Waals surface area (Å²) < 4.78 is 6.40. The van der Waals surface area contributed by atoms with Crippen LogP contribution in [-0.2, 0) is 0 Å². The van der Waals surface area contributed by atoms with Gasteiger partial charge in [-0.1, -0.05) is 18.2 Å².